The third-order valence-electron chi connectivity index (χ3n) is 6.00. The average molecular weight is 395 g/mol. The van der Waals surface area contributed by atoms with Crippen molar-refractivity contribution in [2.24, 2.45) is 11.8 Å². The highest BCUT2D eigenvalue weighted by molar-refractivity contribution is 5.82. The summed E-state index contributed by atoms with van der Waals surface area (Å²) < 4.78 is 0. The number of aliphatic hydroxyl groups excluding tert-OH is 2. The number of hydrogen-bond donors (Lipinski definition) is 5. The van der Waals surface area contributed by atoms with Crippen LogP contribution in [0, 0.1) is 11.8 Å². The molecule has 0 aromatic carbocycles. The van der Waals surface area contributed by atoms with Crippen LogP contribution < -0.4 is 10.6 Å². The van der Waals surface area contributed by atoms with Crippen LogP contribution in [0.15, 0.2) is 12.5 Å². The van der Waals surface area contributed by atoms with E-state index >= 15 is 0 Å². The highest BCUT2D eigenvalue weighted by Crippen LogP contribution is 2.29. The number of amides is 1. The van der Waals surface area contributed by atoms with Gasteiger partial charge in [-0.3, -0.25) is 4.79 Å². The van der Waals surface area contributed by atoms with Gasteiger partial charge in [0.1, 0.15) is 0 Å². The molecule has 7 nitrogen and oxygen atoms in total. The summed E-state index contributed by atoms with van der Waals surface area (Å²) in [7, 11) is 1.76. The first kappa shape index (κ1) is 22.8. The Morgan fingerprint density at radius 1 is 1.25 bits per heavy atom. The third-order valence-corrected chi connectivity index (χ3v) is 6.00. The van der Waals surface area contributed by atoms with Crippen LogP contribution in [0.1, 0.15) is 64.5 Å². The van der Waals surface area contributed by atoms with Gasteiger partial charge < -0.3 is 25.8 Å². The summed E-state index contributed by atoms with van der Waals surface area (Å²) in [6, 6.07) is -0.752. The van der Waals surface area contributed by atoms with E-state index in [-0.39, 0.29) is 24.3 Å². The normalized spacial score (nSPS) is 19.9. The predicted molar refractivity (Wildman–Crippen MR) is 110 cm³/mol. The van der Waals surface area contributed by atoms with Gasteiger partial charge >= 0.3 is 0 Å². The van der Waals surface area contributed by atoms with Crippen LogP contribution in [-0.4, -0.2) is 57.4 Å². The second kappa shape index (κ2) is 11.5. The zero-order chi connectivity index (χ0) is 20.5. The van der Waals surface area contributed by atoms with Gasteiger partial charge in [0.2, 0.25) is 5.91 Å². The minimum absolute atomic E-state index is 0.0751. The fourth-order valence-corrected chi connectivity index (χ4v) is 4.00. The van der Waals surface area contributed by atoms with Crippen molar-refractivity contribution < 1.29 is 15.0 Å². The van der Waals surface area contributed by atoms with Gasteiger partial charge in [-0.15, -0.1) is 0 Å². The fourth-order valence-electron chi connectivity index (χ4n) is 4.00. The van der Waals surface area contributed by atoms with E-state index in [1.54, 1.807) is 19.6 Å². The lowest BCUT2D eigenvalue weighted by molar-refractivity contribution is -0.125. The highest BCUT2D eigenvalue weighted by atomic mass is 16.3. The number of likely N-dealkylation sites (N-methyl/N-ethyl adjacent to an activating group) is 1. The van der Waals surface area contributed by atoms with Crippen LogP contribution in [0.3, 0.4) is 0 Å². The quantitative estimate of drug-likeness (QED) is 0.393. The van der Waals surface area contributed by atoms with Crippen molar-refractivity contribution in [1.29, 1.82) is 0 Å². The zero-order valence-electron chi connectivity index (χ0n) is 17.5. The average Bonchev–Trinajstić information content (AvgIpc) is 3.19. The number of hydrogen-bond acceptors (Lipinski definition) is 5. The highest BCUT2D eigenvalue weighted by Gasteiger charge is 2.30. The number of aromatic nitrogens is 2. The van der Waals surface area contributed by atoms with E-state index in [1.165, 1.54) is 19.3 Å². The molecule has 1 amide bonds. The van der Waals surface area contributed by atoms with E-state index in [2.05, 4.69) is 20.6 Å². The summed E-state index contributed by atoms with van der Waals surface area (Å²) in [4.78, 5) is 19.9. The van der Waals surface area contributed by atoms with Crippen LogP contribution in [0.2, 0.25) is 0 Å². The Hall–Kier alpha value is -1.44. The Balaban J connectivity index is 2.02. The number of carbonyl (C=O) groups is 1. The second-order valence-corrected chi connectivity index (χ2v) is 8.59. The van der Waals surface area contributed by atoms with E-state index in [0.717, 1.165) is 25.0 Å². The zero-order valence-corrected chi connectivity index (χ0v) is 17.5. The number of aliphatic hydroxyl groups is 2. The molecule has 1 saturated carbocycles. The molecule has 160 valence electrons. The molecule has 0 saturated heterocycles. The van der Waals surface area contributed by atoms with Crippen LogP contribution in [-0.2, 0) is 11.2 Å². The van der Waals surface area contributed by atoms with Gasteiger partial charge in [-0.1, -0.05) is 46.0 Å². The largest absolute Gasteiger partial charge is 0.393 e. The molecule has 28 heavy (non-hydrogen) atoms. The van der Waals surface area contributed by atoms with Crippen LogP contribution in [0.5, 0.6) is 0 Å². The first-order chi connectivity index (χ1) is 13.4. The van der Waals surface area contributed by atoms with E-state index < -0.39 is 18.2 Å². The molecule has 5 N–H and O–H groups in total. The summed E-state index contributed by atoms with van der Waals surface area (Å²) in [5.41, 5.74) is 0.883. The molecule has 1 heterocycles. The van der Waals surface area contributed by atoms with Gasteiger partial charge in [-0.25, -0.2) is 4.98 Å². The van der Waals surface area contributed by atoms with Crippen molar-refractivity contribution in [3.8, 4) is 0 Å². The number of nitrogens with zero attached hydrogens (tertiary/aromatic N) is 1. The molecule has 1 aromatic rings. The van der Waals surface area contributed by atoms with Gasteiger partial charge in [0, 0.05) is 24.7 Å². The molecule has 1 aromatic heterocycles. The number of rotatable bonds is 11. The van der Waals surface area contributed by atoms with Crippen LogP contribution in [0.4, 0.5) is 0 Å². The Labute approximate surface area is 168 Å². The molecule has 0 radical (unpaired) electrons. The Kier molecular flexibility index (Phi) is 9.41. The first-order valence-corrected chi connectivity index (χ1v) is 10.7. The molecule has 1 aliphatic rings. The van der Waals surface area contributed by atoms with Crippen LogP contribution in [0.25, 0.3) is 0 Å². The van der Waals surface area contributed by atoms with Crippen molar-refractivity contribution in [2.75, 3.05) is 7.05 Å². The first-order valence-electron chi connectivity index (χ1n) is 10.7. The number of aromatic amines is 1. The molecule has 2 rings (SSSR count). The van der Waals surface area contributed by atoms with Crippen molar-refractivity contribution in [3.05, 3.63) is 18.2 Å². The predicted octanol–water partition coefficient (Wildman–Crippen LogP) is 1.76. The topological polar surface area (TPSA) is 110 Å². The molecule has 1 fully saturated rings. The monoisotopic (exact) mass is 394 g/mol. The molecule has 1 aliphatic carbocycles. The van der Waals surface area contributed by atoms with Gasteiger partial charge in [0.25, 0.3) is 0 Å². The Morgan fingerprint density at radius 3 is 2.54 bits per heavy atom. The molecule has 0 unspecified atom stereocenters. The van der Waals surface area contributed by atoms with Crippen LogP contribution >= 0.6 is 0 Å². The fraction of sp³-hybridized carbons (Fsp3) is 0.810. The third kappa shape index (κ3) is 7.18. The molecule has 7 heteroatoms. The van der Waals surface area contributed by atoms with Crippen molar-refractivity contribution in [3.63, 3.8) is 0 Å². The van der Waals surface area contributed by atoms with Crippen molar-refractivity contribution in [2.45, 2.75) is 89.5 Å². The molecule has 0 spiro atoms. The lowest BCUT2D eigenvalue weighted by Crippen LogP contribution is -2.52. The van der Waals surface area contributed by atoms with Crippen molar-refractivity contribution in [1.82, 2.24) is 20.6 Å². The van der Waals surface area contributed by atoms with E-state index in [1.807, 2.05) is 13.8 Å². The molecule has 0 aliphatic heterocycles. The number of nitrogens with one attached hydrogen (secondary N) is 3. The number of carbonyl (C=O) groups excluding carboxylic acids is 1. The standard InChI is InChI=1S/C21H38N4O3/c1-14(2)19(26)11-20(27)17(9-15-7-5-4-6-8-15)25-21(28)18(22-3)10-16-12-23-13-24-16/h12-15,17-20,22,26-27H,4-11H2,1-3H3,(H,23,24)(H,25,28)/t17-,18-,19-,20-/m0/s1. The van der Waals surface area contributed by atoms with Gasteiger partial charge in [0.15, 0.2) is 0 Å². The van der Waals surface area contributed by atoms with E-state index in [0.29, 0.717) is 12.3 Å². The van der Waals surface area contributed by atoms with Gasteiger partial charge in [-0.2, -0.15) is 0 Å². The minimum Gasteiger partial charge on any atom is -0.393 e. The minimum atomic E-state index is -0.757. The lowest BCUT2D eigenvalue weighted by atomic mass is 9.82. The van der Waals surface area contributed by atoms with E-state index in [9.17, 15) is 15.0 Å². The Morgan fingerprint density at radius 2 is 1.96 bits per heavy atom. The Bertz CT molecular complexity index is 558. The number of H-pyrrole nitrogens is 1. The van der Waals surface area contributed by atoms with Crippen molar-refractivity contribution >= 4 is 5.91 Å². The SMILES string of the molecule is CN[C@@H](Cc1cnc[nH]1)C(=O)N[C@@H](CC1CCCCC1)[C@@H](O)C[C@H](O)C(C)C. The summed E-state index contributed by atoms with van der Waals surface area (Å²) in [5.74, 6) is 0.465. The molecular weight excluding hydrogens is 356 g/mol. The summed E-state index contributed by atoms with van der Waals surface area (Å²) >= 11 is 0. The summed E-state index contributed by atoms with van der Waals surface area (Å²) in [5, 5.41) is 27.2. The maximum Gasteiger partial charge on any atom is 0.237 e. The van der Waals surface area contributed by atoms with Gasteiger partial charge in [0.05, 0.1) is 30.6 Å². The molecular formula is C21H38N4O3. The number of imidazole rings is 1. The second-order valence-electron chi connectivity index (χ2n) is 8.59. The lowest BCUT2D eigenvalue weighted by Gasteiger charge is -2.32. The van der Waals surface area contributed by atoms with Gasteiger partial charge in [-0.05, 0) is 25.3 Å². The summed E-state index contributed by atoms with van der Waals surface area (Å²) in [6.45, 7) is 3.88. The smallest absolute Gasteiger partial charge is 0.237 e. The molecule has 4 atom stereocenters. The maximum absolute atomic E-state index is 12.9. The summed E-state index contributed by atoms with van der Waals surface area (Å²) in [6.07, 6.45) is 9.53. The van der Waals surface area contributed by atoms with E-state index in [4.69, 9.17) is 0 Å². The maximum atomic E-state index is 12.9. The molecule has 0 bridgehead atoms.